The Bertz CT molecular complexity index is 2010. The average Bonchev–Trinajstić information content (AvgIpc) is 3.12. The van der Waals surface area contributed by atoms with Crippen LogP contribution in [0.25, 0.3) is 33.4 Å². The number of hydrogen-bond donors (Lipinski definition) is 0. The van der Waals surface area contributed by atoms with Gasteiger partial charge in [0.2, 0.25) is 0 Å². The van der Waals surface area contributed by atoms with Gasteiger partial charge in [0.05, 0.1) is 0 Å². The van der Waals surface area contributed by atoms with Crippen molar-refractivity contribution in [1.29, 1.82) is 0 Å². The first-order chi connectivity index (χ1) is 25.1. The molecule has 0 aliphatic carbocycles. The molecule has 10 heteroatoms. The Morgan fingerprint density at radius 3 is 1.54 bits per heavy atom. The van der Waals surface area contributed by atoms with Crippen molar-refractivity contribution < 1.29 is 45.4 Å². The van der Waals surface area contributed by atoms with Crippen molar-refractivity contribution >= 4 is 11.9 Å². The zero-order valence-electron chi connectivity index (χ0n) is 28.2. The molecule has 0 heterocycles. The van der Waals surface area contributed by atoms with Crippen LogP contribution in [0.4, 0.5) is 26.3 Å². The summed E-state index contributed by atoms with van der Waals surface area (Å²) in [6, 6.07) is 21.9. The lowest BCUT2D eigenvalue weighted by atomic mass is 10.00. The van der Waals surface area contributed by atoms with Crippen LogP contribution in [0.1, 0.15) is 63.4 Å². The Hall–Kier alpha value is -5.38. The molecule has 0 atom stereocenters. The third-order valence-electron chi connectivity index (χ3n) is 8.55. The highest BCUT2D eigenvalue weighted by Gasteiger charge is 2.13. The maximum absolute atomic E-state index is 14.9. The van der Waals surface area contributed by atoms with Gasteiger partial charge in [-0.2, -0.15) is 0 Å². The lowest BCUT2D eigenvalue weighted by molar-refractivity contribution is -0.145. The molecule has 5 aromatic rings. The van der Waals surface area contributed by atoms with E-state index in [4.69, 9.17) is 9.47 Å². The summed E-state index contributed by atoms with van der Waals surface area (Å²) in [7, 11) is 0. The summed E-state index contributed by atoms with van der Waals surface area (Å²) >= 11 is 0. The number of halogens is 6. The van der Waals surface area contributed by atoms with Crippen LogP contribution in [-0.4, -0.2) is 11.9 Å². The second-order valence-electron chi connectivity index (χ2n) is 12.4. The molecule has 0 amide bonds. The summed E-state index contributed by atoms with van der Waals surface area (Å²) in [6.07, 6.45) is 6.08. The molecule has 0 N–H and O–H groups in total. The van der Waals surface area contributed by atoms with Gasteiger partial charge in [-0.05, 0) is 83.1 Å². The van der Waals surface area contributed by atoms with Crippen molar-refractivity contribution in [3.63, 3.8) is 0 Å². The number of esters is 2. The van der Waals surface area contributed by atoms with E-state index in [1.807, 2.05) is 0 Å². The minimum atomic E-state index is -1.07. The summed E-state index contributed by atoms with van der Waals surface area (Å²) in [5.74, 6) is -5.91. The molecule has 0 unspecified atom stereocenters. The summed E-state index contributed by atoms with van der Waals surface area (Å²) < 4.78 is 93.5. The van der Waals surface area contributed by atoms with E-state index in [1.165, 1.54) is 36.4 Å². The van der Waals surface area contributed by atoms with Gasteiger partial charge < -0.3 is 9.47 Å². The Morgan fingerprint density at radius 2 is 0.923 bits per heavy atom. The van der Waals surface area contributed by atoms with Crippen molar-refractivity contribution in [2.45, 2.75) is 64.4 Å². The van der Waals surface area contributed by atoms with Gasteiger partial charge in [-0.1, -0.05) is 80.6 Å². The van der Waals surface area contributed by atoms with Crippen molar-refractivity contribution in [2.24, 2.45) is 0 Å². The summed E-state index contributed by atoms with van der Waals surface area (Å²) in [6.45, 7) is -0.100. The standard InChI is InChI=1S/C42H36F6O4/c43-35-20-15-30(23-39(35)47)28-11-13-29(14-12-28)33-19-17-32(25-38(33)46)52-42(50)9-7-5-3-1-2-4-6-8-41(49)51-26-27-10-18-34(37(45)22-27)31-16-21-36(44)40(48)24-31/h10-25H,1-9,26H2. The molecule has 0 saturated carbocycles. The average molecular weight is 719 g/mol. The van der Waals surface area contributed by atoms with Crippen molar-refractivity contribution in [3.8, 4) is 39.1 Å². The molecule has 270 valence electrons. The van der Waals surface area contributed by atoms with Crippen LogP contribution in [0.2, 0.25) is 0 Å². The van der Waals surface area contributed by atoms with Gasteiger partial charge in [0.15, 0.2) is 23.3 Å². The van der Waals surface area contributed by atoms with E-state index in [0.29, 0.717) is 40.7 Å². The topological polar surface area (TPSA) is 52.6 Å². The van der Waals surface area contributed by atoms with Gasteiger partial charge in [-0.25, -0.2) is 26.3 Å². The largest absolute Gasteiger partial charge is 0.461 e. The number of hydrogen-bond acceptors (Lipinski definition) is 4. The summed E-state index contributed by atoms with van der Waals surface area (Å²) in [4.78, 5) is 24.4. The first kappa shape index (κ1) is 37.9. The molecule has 0 fully saturated rings. The van der Waals surface area contributed by atoms with Crippen LogP contribution >= 0.6 is 0 Å². The predicted molar refractivity (Wildman–Crippen MR) is 186 cm³/mol. The second-order valence-corrected chi connectivity index (χ2v) is 12.4. The fraction of sp³-hybridized carbons (Fsp3) is 0.238. The molecule has 0 aromatic heterocycles. The van der Waals surface area contributed by atoms with Gasteiger partial charge in [0.1, 0.15) is 24.0 Å². The van der Waals surface area contributed by atoms with Gasteiger partial charge >= 0.3 is 11.9 Å². The first-order valence-electron chi connectivity index (χ1n) is 17.0. The first-order valence-corrected chi connectivity index (χ1v) is 17.0. The molecular weight excluding hydrogens is 682 g/mol. The molecule has 0 spiro atoms. The van der Waals surface area contributed by atoms with Crippen LogP contribution in [-0.2, 0) is 20.9 Å². The molecule has 0 aliphatic heterocycles. The molecule has 5 rings (SSSR count). The lowest BCUT2D eigenvalue weighted by Crippen LogP contribution is -2.07. The van der Waals surface area contributed by atoms with Crippen LogP contribution < -0.4 is 4.74 Å². The smallest absolute Gasteiger partial charge is 0.311 e. The summed E-state index contributed by atoms with van der Waals surface area (Å²) in [5.41, 5.74) is 2.77. The van der Waals surface area contributed by atoms with Crippen molar-refractivity contribution in [1.82, 2.24) is 0 Å². The Kier molecular flexibility index (Phi) is 13.3. The van der Waals surface area contributed by atoms with Gasteiger partial charge in [-0.15, -0.1) is 0 Å². The lowest BCUT2D eigenvalue weighted by Gasteiger charge is -2.09. The van der Waals surface area contributed by atoms with E-state index in [1.54, 1.807) is 30.3 Å². The summed E-state index contributed by atoms with van der Waals surface area (Å²) in [5, 5.41) is 0. The molecule has 0 aliphatic rings. The molecule has 0 bridgehead atoms. The molecule has 0 saturated heterocycles. The number of ether oxygens (including phenoxy) is 2. The quantitative estimate of drug-likeness (QED) is 0.0441. The Labute approximate surface area is 298 Å². The molecular formula is C42H36F6O4. The third-order valence-corrected chi connectivity index (χ3v) is 8.55. The second kappa shape index (κ2) is 18.2. The Balaban J connectivity index is 0.924. The predicted octanol–water partition coefficient (Wildman–Crippen LogP) is 11.7. The van der Waals surface area contributed by atoms with Gasteiger partial charge in [0.25, 0.3) is 0 Å². The number of carbonyl (C=O) groups is 2. The molecule has 0 radical (unpaired) electrons. The van der Waals surface area contributed by atoms with Crippen LogP contribution in [0.3, 0.4) is 0 Å². The van der Waals surface area contributed by atoms with Gasteiger partial charge in [-0.3, -0.25) is 9.59 Å². The van der Waals surface area contributed by atoms with Crippen LogP contribution in [0.5, 0.6) is 5.75 Å². The zero-order valence-corrected chi connectivity index (χ0v) is 28.2. The maximum Gasteiger partial charge on any atom is 0.311 e. The van der Waals surface area contributed by atoms with E-state index in [0.717, 1.165) is 62.4 Å². The van der Waals surface area contributed by atoms with E-state index >= 15 is 0 Å². The number of rotatable bonds is 16. The van der Waals surface area contributed by atoms with Crippen LogP contribution in [0, 0.1) is 34.9 Å². The highest BCUT2D eigenvalue weighted by molar-refractivity contribution is 5.74. The van der Waals surface area contributed by atoms with Crippen molar-refractivity contribution in [3.05, 3.63) is 138 Å². The third kappa shape index (κ3) is 10.6. The highest BCUT2D eigenvalue weighted by Crippen LogP contribution is 2.30. The Morgan fingerprint density at radius 1 is 0.423 bits per heavy atom. The number of unbranched alkanes of at least 4 members (excludes halogenated alkanes) is 6. The molecule has 52 heavy (non-hydrogen) atoms. The van der Waals surface area contributed by atoms with E-state index < -0.39 is 46.8 Å². The normalized spacial score (nSPS) is 11.0. The SMILES string of the molecule is O=C(CCCCCCCCCC(=O)Oc1ccc(-c2ccc(-c3ccc(F)c(F)c3)cc2)c(F)c1)OCc1ccc(-c2ccc(F)c(F)c2)c(F)c1. The highest BCUT2D eigenvalue weighted by atomic mass is 19.2. The fourth-order valence-corrected chi connectivity index (χ4v) is 5.70. The van der Waals surface area contributed by atoms with Crippen molar-refractivity contribution in [2.75, 3.05) is 0 Å². The van der Waals surface area contributed by atoms with E-state index in [-0.39, 0.29) is 36.3 Å². The number of benzene rings is 5. The maximum atomic E-state index is 14.9. The van der Waals surface area contributed by atoms with Gasteiger partial charge in [0, 0.05) is 30.0 Å². The van der Waals surface area contributed by atoms with E-state index in [2.05, 4.69) is 0 Å². The van der Waals surface area contributed by atoms with Crippen LogP contribution in [0.15, 0.2) is 97.1 Å². The monoisotopic (exact) mass is 718 g/mol. The fourth-order valence-electron chi connectivity index (χ4n) is 5.70. The molecule has 5 aromatic carbocycles. The minimum Gasteiger partial charge on any atom is -0.461 e. The number of carbonyl (C=O) groups excluding carboxylic acids is 2. The molecule has 4 nitrogen and oxygen atoms in total. The minimum absolute atomic E-state index is 0.100. The van der Waals surface area contributed by atoms with E-state index in [9.17, 15) is 35.9 Å². The zero-order chi connectivity index (χ0) is 37.0.